The average Bonchev–Trinajstić information content (AvgIpc) is 2.83. The monoisotopic (exact) mass is 418 g/mol. The van der Waals surface area contributed by atoms with Gasteiger partial charge in [-0.05, 0) is 23.6 Å². The third kappa shape index (κ3) is 6.25. The minimum absolute atomic E-state index is 0.0824. The van der Waals surface area contributed by atoms with Gasteiger partial charge in [-0.1, -0.05) is 91.0 Å². The highest BCUT2D eigenvalue weighted by atomic mass is 16.6. The maximum Gasteiger partial charge on any atom is 0.115 e. The molecule has 0 spiro atoms. The first kappa shape index (κ1) is 21.7. The van der Waals surface area contributed by atoms with Crippen LogP contribution in [0.15, 0.2) is 91.0 Å². The Labute approximate surface area is 184 Å². The second-order valence-electron chi connectivity index (χ2n) is 7.90. The van der Waals surface area contributed by atoms with Crippen molar-refractivity contribution in [2.24, 2.45) is 0 Å². The van der Waals surface area contributed by atoms with Gasteiger partial charge in [0, 0.05) is 0 Å². The molecule has 3 aromatic rings. The summed E-state index contributed by atoms with van der Waals surface area (Å²) in [6, 6.07) is 30.6. The van der Waals surface area contributed by atoms with E-state index in [9.17, 15) is 0 Å². The van der Waals surface area contributed by atoms with Gasteiger partial charge in [-0.15, -0.1) is 0 Å². The molecule has 1 unspecified atom stereocenters. The second-order valence-corrected chi connectivity index (χ2v) is 7.90. The maximum absolute atomic E-state index is 6.41. The Morgan fingerprint density at radius 2 is 1.03 bits per heavy atom. The Balaban J connectivity index is 1.46. The fourth-order valence-electron chi connectivity index (χ4n) is 3.80. The number of benzene rings is 3. The van der Waals surface area contributed by atoms with Crippen molar-refractivity contribution in [3.05, 3.63) is 108 Å². The van der Waals surface area contributed by atoms with E-state index < -0.39 is 0 Å². The van der Waals surface area contributed by atoms with Crippen LogP contribution < -0.4 is 0 Å². The number of hydrogen-bond donors (Lipinski definition) is 0. The van der Waals surface area contributed by atoms with Gasteiger partial charge >= 0.3 is 0 Å². The fraction of sp³-hybridized carbons (Fsp3) is 0.333. The van der Waals surface area contributed by atoms with Crippen LogP contribution in [0.3, 0.4) is 0 Å². The zero-order valence-electron chi connectivity index (χ0n) is 17.9. The van der Waals surface area contributed by atoms with Crippen LogP contribution in [-0.4, -0.2) is 31.0 Å². The normalized spacial score (nSPS) is 23.5. The van der Waals surface area contributed by atoms with Crippen LogP contribution in [0.5, 0.6) is 0 Å². The van der Waals surface area contributed by atoms with Crippen LogP contribution in [0, 0.1) is 0 Å². The lowest BCUT2D eigenvalue weighted by atomic mass is 10.00. The Morgan fingerprint density at radius 3 is 1.52 bits per heavy atom. The Kier molecular flexibility index (Phi) is 7.86. The van der Waals surface area contributed by atoms with E-state index in [1.54, 1.807) is 0 Å². The topological polar surface area (TPSA) is 36.9 Å². The lowest BCUT2D eigenvalue weighted by Gasteiger charge is -2.41. The summed E-state index contributed by atoms with van der Waals surface area (Å²) < 4.78 is 25.0. The minimum Gasteiger partial charge on any atom is -0.373 e. The number of hydrogen-bond acceptors (Lipinski definition) is 4. The summed E-state index contributed by atoms with van der Waals surface area (Å²) in [5.41, 5.74) is 3.39. The third-order valence-electron chi connectivity index (χ3n) is 5.55. The first-order chi connectivity index (χ1) is 15.3. The summed E-state index contributed by atoms with van der Waals surface area (Å²) in [6.07, 6.45) is -0.739. The molecule has 1 aliphatic heterocycles. The molecule has 1 aliphatic rings. The van der Waals surface area contributed by atoms with E-state index in [2.05, 4.69) is 36.4 Å². The van der Waals surface area contributed by atoms with Gasteiger partial charge in [-0.3, -0.25) is 0 Å². The molecule has 0 aromatic heterocycles. The molecule has 4 atom stereocenters. The van der Waals surface area contributed by atoms with Gasteiger partial charge in [0.15, 0.2) is 0 Å². The molecule has 0 aliphatic carbocycles. The molecule has 0 N–H and O–H groups in total. The number of rotatable bonds is 9. The van der Waals surface area contributed by atoms with E-state index >= 15 is 0 Å². The van der Waals surface area contributed by atoms with E-state index in [1.165, 1.54) is 0 Å². The molecule has 0 saturated carbocycles. The molecular formula is C27H30O4. The summed E-state index contributed by atoms with van der Waals surface area (Å²) in [5, 5.41) is 0. The van der Waals surface area contributed by atoms with Crippen LogP contribution in [0.4, 0.5) is 0 Å². The molecule has 0 amide bonds. The van der Waals surface area contributed by atoms with Crippen molar-refractivity contribution in [3.63, 3.8) is 0 Å². The maximum atomic E-state index is 6.41. The van der Waals surface area contributed by atoms with Gasteiger partial charge in [-0.25, -0.2) is 0 Å². The van der Waals surface area contributed by atoms with Gasteiger partial charge in [0.05, 0.1) is 32.5 Å². The highest BCUT2D eigenvalue weighted by molar-refractivity contribution is 5.15. The first-order valence-corrected chi connectivity index (χ1v) is 10.9. The molecule has 1 fully saturated rings. The summed E-state index contributed by atoms with van der Waals surface area (Å²) in [6.45, 7) is 4.06. The van der Waals surface area contributed by atoms with E-state index in [4.69, 9.17) is 18.9 Å². The van der Waals surface area contributed by atoms with Gasteiger partial charge in [0.25, 0.3) is 0 Å². The predicted octanol–water partition coefficient (Wildman–Crippen LogP) is 5.16. The van der Waals surface area contributed by atoms with Crippen LogP contribution in [0.25, 0.3) is 0 Å². The molecule has 0 bridgehead atoms. The van der Waals surface area contributed by atoms with Crippen LogP contribution in [-0.2, 0) is 38.8 Å². The SMILES string of the molecule is CC1OC[C@@H](OCc2ccccc2)[C@@H](OCc2ccccc2)[C@H]1OCc1ccccc1. The highest BCUT2D eigenvalue weighted by Gasteiger charge is 2.41. The zero-order valence-corrected chi connectivity index (χ0v) is 17.9. The summed E-state index contributed by atoms with van der Waals surface area (Å²) in [5.74, 6) is 0. The smallest absolute Gasteiger partial charge is 0.115 e. The minimum atomic E-state index is -0.226. The largest absolute Gasteiger partial charge is 0.373 e. The van der Waals surface area contributed by atoms with Crippen molar-refractivity contribution >= 4 is 0 Å². The molecule has 4 heteroatoms. The lowest BCUT2D eigenvalue weighted by Crippen LogP contribution is -2.55. The summed E-state index contributed by atoms with van der Waals surface area (Å²) >= 11 is 0. The fourth-order valence-corrected chi connectivity index (χ4v) is 3.80. The molecule has 31 heavy (non-hydrogen) atoms. The van der Waals surface area contributed by atoms with Crippen LogP contribution >= 0.6 is 0 Å². The quantitative estimate of drug-likeness (QED) is 0.481. The second kappa shape index (κ2) is 11.2. The summed E-state index contributed by atoms with van der Waals surface area (Å²) in [7, 11) is 0. The van der Waals surface area contributed by atoms with Gasteiger partial charge in [0.2, 0.25) is 0 Å². The van der Waals surface area contributed by atoms with Crippen molar-refractivity contribution in [1.82, 2.24) is 0 Å². The standard InChI is InChI=1S/C27H30O4/c1-21-26(30-18-23-13-7-3-8-14-23)27(31-19-24-15-9-4-10-16-24)25(20-28-21)29-17-22-11-5-2-6-12-22/h2-16,21,25-27H,17-20H2,1H3/t21?,25-,26+,27-/m1/s1. The third-order valence-corrected chi connectivity index (χ3v) is 5.55. The molecule has 3 aromatic carbocycles. The van der Waals surface area contributed by atoms with Gasteiger partial charge < -0.3 is 18.9 Å². The van der Waals surface area contributed by atoms with E-state index in [0.29, 0.717) is 26.4 Å². The zero-order chi connectivity index (χ0) is 21.3. The molecule has 4 rings (SSSR count). The molecular weight excluding hydrogens is 388 g/mol. The van der Waals surface area contributed by atoms with Crippen molar-refractivity contribution in [2.75, 3.05) is 6.61 Å². The van der Waals surface area contributed by atoms with Crippen molar-refractivity contribution < 1.29 is 18.9 Å². The Hall–Kier alpha value is -2.50. The van der Waals surface area contributed by atoms with E-state index in [0.717, 1.165) is 16.7 Å². The molecule has 1 saturated heterocycles. The Bertz CT molecular complexity index is 885. The molecule has 1 heterocycles. The van der Waals surface area contributed by atoms with Crippen molar-refractivity contribution in [3.8, 4) is 0 Å². The molecule has 4 nitrogen and oxygen atoms in total. The van der Waals surface area contributed by atoms with E-state index in [1.807, 2.05) is 61.5 Å². The van der Waals surface area contributed by atoms with Crippen LogP contribution in [0.2, 0.25) is 0 Å². The first-order valence-electron chi connectivity index (χ1n) is 10.9. The molecule has 162 valence electrons. The van der Waals surface area contributed by atoms with Crippen molar-refractivity contribution in [2.45, 2.75) is 51.2 Å². The summed E-state index contributed by atoms with van der Waals surface area (Å²) in [4.78, 5) is 0. The van der Waals surface area contributed by atoms with E-state index in [-0.39, 0.29) is 24.4 Å². The predicted molar refractivity (Wildman–Crippen MR) is 120 cm³/mol. The van der Waals surface area contributed by atoms with Gasteiger partial charge in [0.1, 0.15) is 18.3 Å². The highest BCUT2D eigenvalue weighted by Crippen LogP contribution is 2.26. The lowest BCUT2D eigenvalue weighted by molar-refractivity contribution is -0.234. The molecule has 0 radical (unpaired) electrons. The van der Waals surface area contributed by atoms with Crippen LogP contribution in [0.1, 0.15) is 23.6 Å². The number of ether oxygens (including phenoxy) is 4. The van der Waals surface area contributed by atoms with Crippen molar-refractivity contribution in [1.29, 1.82) is 0 Å². The Morgan fingerprint density at radius 1 is 0.613 bits per heavy atom. The van der Waals surface area contributed by atoms with Gasteiger partial charge in [-0.2, -0.15) is 0 Å². The average molecular weight is 419 g/mol.